The zero-order chi connectivity index (χ0) is 15.2. The van der Waals surface area contributed by atoms with Gasteiger partial charge < -0.3 is 4.74 Å². The van der Waals surface area contributed by atoms with Crippen LogP contribution in [0.4, 0.5) is 0 Å². The predicted octanol–water partition coefficient (Wildman–Crippen LogP) is 4.07. The van der Waals surface area contributed by atoms with E-state index < -0.39 is 0 Å². The normalized spacial score (nSPS) is 11.2. The van der Waals surface area contributed by atoms with Crippen LogP contribution < -0.4 is 4.74 Å². The van der Waals surface area contributed by atoms with E-state index in [1.165, 1.54) is 0 Å². The van der Waals surface area contributed by atoms with Gasteiger partial charge in [-0.15, -0.1) is 0 Å². The van der Waals surface area contributed by atoms with Crippen molar-refractivity contribution in [1.82, 2.24) is 0 Å². The first-order valence-electron chi connectivity index (χ1n) is 6.40. The number of halogens is 1. The molecule has 21 heavy (non-hydrogen) atoms. The van der Waals surface area contributed by atoms with E-state index in [-0.39, 0.29) is 5.92 Å². The smallest absolute Gasteiger partial charge is 0.123 e. The molecule has 0 amide bonds. The number of hydrogen-bond donors (Lipinski definition) is 0. The van der Waals surface area contributed by atoms with Crippen LogP contribution in [0.3, 0.4) is 0 Å². The van der Waals surface area contributed by atoms with Crippen molar-refractivity contribution in [2.75, 3.05) is 7.11 Å². The molecule has 0 aliphatic rings. The maximum atomic E-state index is 9.46. The van der Waals surface area contributed by atoms with Crippen molar-refractivity contribution in [1.29, 1.82) is 10.5 Å². The number of ether oxygens (including phenoxy) is 1. The summed E-state index contributed by atoms with van der Waals surface area (Å²) in [6, 6.07) is 16.9. The highest BCUT2D eigenvalue weighted by atomic mass is 35.5. The van der Waals surface area contributed by atoms with E-state index in [4.69, 9.17) is 21.6 Å². The fourth-order valence-corrected chi connectivity index (χ4v) is 2.39. The van der Waals surface area contributed by atoms with Crippen molar-refractivity contribution in [2.24, 2.45) is 0 Å². The highest BCUT2D eigenvalue weighted by Gasteiger charge is 2.17. The number of methoxy groups -OCH3 is 1. The van der Waals surface area contributed by atoms with E-state index in [2.05, 4.69) is 12.1 Å². The van der Waals surface area contributed by atoms with Crippen LogP contribution in [0.25, 0.3) is 0 Å². The van der Waals surface area contributed by atoms with Crippen LogP contribution in [0.1, 0.15) is 22.6 Å². The first kappa shape index (κ1) is 14.9. The summed E-state index contributed by atoms with van der Waals surface area (Å²) < 4.78 is 5.30. The Bertz CT molecular complexity index is 728. The second kappa shape index (κ2) is 6.79. The molecule has 0 N–H and O–H groups in total. The molecule has 2 aromatic rings. The maximum absolute atomic E-state index is 9.46. The third-order valence-corrected chi connectivity index (χ3v) is 3.45. The first-order chi connectivity index (χ1) is 10.2. The summed E-state index contributed by atoms with van der Waals surface area (Å²) in [6.45, 7) is 0. The SMILES string of the molecule is COc1ccc(Cl)cc1C(C#N)Cc1cccc(C#N)c1. The van der Waals surface area contributed by atoms with Crippen molar-refractivity contribution >= 4 is 11.6 Å². The average Bonchev–Trinajstić information content (AvgIpc) is 2.52. The molecule has 2 aromatic carbocycles. The molecule has 0 heterocycles. The Balaban J connectivity index is 2.35. The van der Waals surface area contributed by atoms with Gasteiger partial charge >= 0.3 is 0 Å². The van der Waals surface area contributed by atoms with Crippen molar-refractivity contribution in [3.63, 3.8) is 0 Å². The topological polar surface area (TPSA) is 56.8 Å². The molecule has 2 rings (SSSR count). The molecule has 0 fully saturated rings. The van der Waals surface area contributed by atoms with Gasteiger partial charge in [0.05, 0.1) is 30.7 Å². The van der Waals surface area contributed by atoms with Gasteiger partial charge in [-0.05, 0) is 42.3 Å². The van der Waals surface area contributed by atoms with Crippen molar-refractivity contribution in [2.45, 2.75) is 12.3 Å². The molecule has 0 saturated heterocycles. The Morgan fingerprint density at radius 2 is 2.00 bits per heavy atom. The minimum absolute atomic E-state index is 0.382. The van der Waals surface area contributed by atoms with Gasteiger partial charge in [0.2, 0.25) is 0 Å². The van der Waals surface area contributed by atoms with Crippen molar-refractivity contribution in [3.05, 3.63) is 64.2 Å². The molecule has 0 aliphatic carbocycles. The summed E-state index contributed by atoms with van der Waals surface area (Å²) in [5, 5.41) is 19.0. The van der Waals surface area contributed by atoms with E-state index in [1.54, 1.807) is 37.4 Å². The standard InChI is InChI=1S/C17H13ClN2O/c1-21-17-6-5-15(18)9-16(17)14(11-20)8-12-3-2-4-13(7-12)10-19/h2-7,9,14H,8H2,1H3. The lowest BCUT2D eigenvalue weighted by Crippen LogP contribution is -2.03. The second-order valence-corrected chi connectivity index (χ2v) is 5.02. The molecule has 0 bridgehead atoms. The van der Waals surface area contributed by atoms with Gasteiger partial charge in [0.1, 0.15) is 5.75 Å². The van der Waals surface area contributed by atoms with Crippen molar-refractivity contribution < 1.29 is 4.74 Å². The molecule has 1 unspecified atom stereocenters. The molecule has 0 saturated carbocycles. The number of nitriles is 2. The molecule has 0 spiro atoms. The summed E-state index contributed by atoms with van der Waals surface area (Å²) in [4.78, 5) is 0. The summed E-state index contributed by atoms with van der Waals surface area (Å²) in [6.07, 6.45) is 0.503. The van der Waals surface area contributed by atoms with E-state index in [1.807, 2.05) is 12.1 Å². The Hall–Kier alpha value is -2.49. The van der Waals surface area contributed by atoms with Crippen molar-refractivity contribution in [3.8, 4) is 17.9 Å². The van der Waals surface area contributed by atoms with E-state index in [0.29, 0.717) is 22.8 Å². The minimum Gasteiger partial charge on any atom is -0.496 e. The lowest BCUT2D eigenvalue weighted by atomic mass is 9.92. The van der Waals surface area contributed by atoms with E-state index in [0.717, 1.165) is 11.1 Å². The molecular formula is C17H13ClN2O. The Morgan fingerprint density at radius 3 is 2.67 bits per heavy atom. The summed E-state index contributed by atoms with van der Waals surface area (Å²) in [5.74, 6) is 0.259. The van der Waals surface area contributed by atoms with Gasteiger partial charge in [-0.1, -0.05) is 23.7 Å². The average molecular weight is 297 g/mol. The zero-order valence-corrected chi connectivity index (χ0v) is 12.3. The van der Waals surface area contributed by atoms with Crippen LogP contribution in [0, 0.1) is 22.7 Å². The third-order valence-electron chi connectivity index (χ3n) is 3.22. The summed E-state index contributed by atoms with van der Waals surface area (Å²) >= 11 is 6.02. The summed E-state index contributed by atoms with van der Waals surface area (Å²) in [5.41, 5.74) is 2.28. The molecule has 1 atom stereocenters. The van der Waals surface area contributed by atoms with Gasteiger partial charge in [0.15, 0.2) is 0 Å². The third kappa shape index (κ3) is 3.54. The van der Waals surface area contributed by atoms with Crippen LogP contribution in [0.15, 0.2) is 42.5 Å². The quantitative estimate of drug-likeness (QED) is 0.854. The zero-order valence-electron chi connectivity index (χ0n) is 11.5. The van der Waals surface area contributed by atoms with Crippen LogP contribution in [0.2, 0.25) is 5.02 Å². The predicted molar refractivity (Wildman–Crippen MR) is 81.2 cm³/mol. The van der Waals surface area contributed by atoms with E-state index >= 15 is 0 Å². The second-order valence-electron chi connectivity index (χ2n) is 4.58. The molecule has 0 aromatic heterocycles. The minimum atomic E-state index is -0.382. The van der Waals surface area contributed by atoms with E-state index in [9.17, 15) is 5.26 Å². The highest BCUT2D eigenvalue weighted by Crippen LogP contribution is 2.31. The van der Waals surface area contributed by atoms with Crippen LogP contribution >= 0.6 is 11.6 Å². The van der Waals surface area contributed by atoms with Gasteiger partial charge in [0.25, 0.3) is 0 Å². The summed E-state index contributed by atoms with van der Waals surface area (Å²) in [7, 11) is 1.57. The Kier molecular flexibility index (Phi) is 4.82. The molecule has 4 heteroatoms. The number of nitrogens with zero attached hydrogens (tertiary/aromatic N) is 2. The fraction of sp³-hybridized carbons (Fsp3) is 0.176. The number of hydrogen-bond acceptors (Lipinski definition) is 3. The highest BCUT2D eigenvalue weighted by molar-refractivity contribution is 6.30. The van der Waals surface area contributed by atoms with Crippen LogP contribution in [0.5, 0.6) is 5.75 Å². The monoisotopic (exact) mass is 296 g/mol. The van der Waals surface area contributed by atoms with Crippen LogP contribution in [-0.4, -0.2) is 7.11 Å². The Morgan fingerprint density at radius 1 is 1.19 bits per heavy atom. The number of benzene rings is 2. The largest absolute Gasteiger partial charge is 0.496 e. The lowest BCUT2D eigenvalue weighted by Gasteiger charge is -2.14. The molecule has 104 valence electrons. The molecule has 3 nitrogen and oxygen atoms in total. The number of rotatable bonds is 4. The van der Waals surface area contributed by atoms with Gasteiger partial charge in [-0.3, -0.25) is 0 Å². The van der Waals surface area contributed by atoms with Gasteiger partial charge in [0, 0.05) is 10.6 Å². The van der Waals surface area contributed by atoms with Gasteiger partial charge in [-0.2, -0.15) is 10.5 Å². The lowest BCUT2D eigenvalue weighted by molar-refractivity contribution is 0.408. The first-order valence-corrected chi connectivity index (χ1v) is 6.78. The van der Waals surface area contributed by atoms with Gasteiger partial charge in [-0.25, -0.2) is 0 Å². The molecular weight excluding hydrogens is 284 g/mol. The van der Waals surface area contributed by atoms with Crippen LogP contribution in [-0.2, 0) is 6.42 Å². The fourth-order valence-electron chi connectivity index (χ4n) is 2.21. The Labute approximate surface area is 129 Å². The maximum Gasteiger partial charge on any atom is 0.123 e. The molecule has 0 radical (unpaired) electrons. The molecule has 0 aliphatic heterocycles.